The summed E-state index contributed by atoms with van der Waals surface area (Å²) in [6, 6.07) is 13.5. The fourth-order valence-corrected chi connectivity index (χ4v) is 2.65. The molecule has 0 aliphatic rings. The van der Waals surface area contributed by atoms with Gasteiger partial charge in [-0.1, -0.05) is 15.9 Å². The molecule has 1 atom stereocenters. The van der Waals surface area contributed by atoms with Gasteiger partial charge in [-0.25, -0.2) is 4.98 Å². The third kappa shape index (κ3) is 3.15. The van der Waals surface area contributed by atoms with E-state index in [0.29, 0.717) is 12.3 Å². The highest BCUT2D eigenvalue weighted by molar-refractivity contribution is 9.10. The number of hydrogen-bond donors (Lipinski definition) is 2. The van der Waals surface area contributed by atoms with Crippen LogP contribution in [-0.4, -0.2) is 16.6 Å². The highest BCUT2D eigenvalue weighted by Gasteiger charge is 2.26. The summed E-state index contributed by atoms with van der Waals surface area (Å²) >= 11 is 3.45. The minimum atomic E-state index is -1.09. The first-order chi connectivity index (χ1) is 10.4. The minimum Gasteiger partial charge on any atom is -0.463 e. The molecular formula is C17H17BrN2O2. The number of hydrogen-bond acceptors (Lipinski definition) is 4. The fourth-order valence-electron chi connectivity index (χ4n) is 2.27. The van der Waals surface area contributed by atoms with Crippen LogP contribution < -0.4 is 5.32 Å². The fraction of sp³-hybridized carbons (Fsp3) is 0.235. The maximum absolute atomic E-state index is 10.5. The average Bonchev–Trinajstić information content (AvgIpc) is 2.92. The van der Waals surface area contributed by atoms with Crippen LogP contribution in [0.1, 0.15) is 18.4 Å². The van der Waals surface area contributed by atoms with E-state index in [1.165, 1.54) is 0 Å². The van der Waals surface area contributed by atoms with E-state index in [4.69, 9.17) is 4.42 Å². The number of furan rings is 1. The van der Waals surface area contributed by atoms with Crippen molar-refractivity contribution in [3.63, 3.8) is 0 Å². The van der Waals surface area contributed by atoms with E-state index in [2.05, 4.69) is 26.2 Å². The Morgan fingerprint density at radius 1 is 1.23 bits per heavy atom. The number of rotatable bonds is 4. The third-order valence-corrected chi connectivity index (χ3v) is 4.03. The molecule has 0 radical (unpaired) electrons. The van der Waals surface area contributed by atoms with Gasteiger partial charge in [0.05, 0.1) is 12.1 Å². The molecule has 0 saturated heterocycles. The van der Waals surface area contributed by atoms with Crippen LogP contribution in [0, 0.1) is 6.92 Å². The van der Waals surface area contributed by atoms with E-state index < -0.39 is 5.60 Å². The number of fused-ring (bicyclic) bond motifs is 1. The maximum Gasteiger partial charge on any atom is 0.137 e. The molecule has 114 valence electrons. The van der Waals surface area contributed by atoms with Crippen LogP contribution in [0.4, 0.5) is 5.82 Å². The summed E-state index contributed by atoms with van der Waals surface area (Å²) in [5, 5.41) is 14.7. The molecule has 0 saturated carbocycles. The lowest BCUT2D eigenvalue weighted by molar-refractivity contribution is 0.0467. The molecule has 5 heteroatoms. The Hall–Kier alpha value is -1.85. The van der Waals surface area contributed by atoms with Crippen LogP contribution in [0.2, 0.25) is 0 Å². The highest BCUT2D eigenvalue weighted by atomic mass is 79.9. The van der Waals surface area contributed by atoms with Crippen LogP contribution in [0.5, 0.6) is 0 Å². The van der Waals surface area contributed by atoms with Gasteiger partial charge in [-0.3, -0.25) is 0 Å². The zero-order valence-electron chi connectivity index (χ0n) is 12.4. The quantitative estimate of drug-likeness (QED) is 0.731. The number of nitrogens with one attached hydrogen (secondary N) is 1. The van der Waals surface area contributed by atoms with Gasteiger partial charge in [-0.05, 0) is 56.3 Å². The number of nitrogens with zero attached hydrogens (tertiary/aromatic N) is 1. The molecule has 22 heavy (non-hydrogen) atoms. The van der Waals surface area contributed by atoms with E-state index >= 15 is 0 Å². The highest BCUT2D eigenvalue weighted by Crippen LogP contribution is 2.24. The van der Waals surface area contributed by atoms with Crippen molar-refractivity contribution in [1.82, 2.24) is 4.98 Å². The van der Waals surface area contributed by atoms with E-state index in [-0.39, 0.29) is 0 Å². The lowest BCUT2D eigenvalue weighted by Gasteiger charge is -2.21. The minimum absolute atomic E-state index is 0.314. The molecule has 0 spiro atoms. The second-order valence-corrected chi connectivity index (χ2v) is 6.49. The average molecular weight is 361 g/mol. The number of aliphatic hydroxyl groups is 1. The SMILES string of the molecule is Cc1ccc(C(C)(O)CNc2ccc3cc(Br)ccc3n2)o1. The molecule has 0 bridgehead atoms. The Balaban J connectivity index is 1.77. The van der Waals surface area contributed by atoms with Crippen LogP contribution in [-0.2, 0) is 5.60 Å². The largest absolute Gasteiger partial charge is 0.463 e. The molecule has 2 aromatic heterocycles. The van der Waals surface area contributed by atoms with Crippen molar-refractivity contribution in [3.05, 3.63) is 58.5 Å². The predicted octanol–water partition coefficient (Wildman–Crippen LogP) is 4.22. The molecule has 4 nitrogen and oxygen atoms in total. The molecule has 0 fully saturated rings. The normalized spacial score (nSPS) is 14.0. The van der Waals surface area contributed by atoms with Gasteiger partial charge in [0.1, 0.15) is 22.9 Å². The second kappa shape index (κ2) is 5.74. The molecule has 2 N–H and O–H groups in total. The first kappa shape index (κ1) is 15.1. The number of aromatic nitrogens is 1. The van der Waals surface area contributed by atoms with Gasteiger partial charge >= 0.3 is 0 Å². The Bertz CT molecular complexity index is 811. The van der Waals surface area contributed by atoms with Crippen molar-refractivity contribution >= 4 is 32.7 Å². The first-order valence-electron chi connectivity index (χ1n) is 7.03. The number of anilines is 1. The number of pyridine rings is 1. The van der Waals surface area contributed by atoms with Gasteiger partial charge in [0.25, 0.3) is 0 Å². The van der Waals surface area contributed by atoms with Crippen LogP contribution in [0.15, 0.2) is 51.4 Å². The zero-order chi connectivity index (χ0) is 15.7. The summed E-state index contributed by atoms with van der Waals surface area (Å²) in [5.74, 6) is 2.05. The Labute approximate surface area is 137 Å². The van der Waals surface area contributed by atoms with Gasteiger partial charge in [0.2, 0.25) is 0 Å². The van der Waals surface area contributed by atoms with E-state index in [1.807, 2.05) is 43.3 Å². The summed E-state index contributed by atoms with van der Waals surface area (Å²) in [4.78, 5) is 4.54. The molecule has 1 aromatic carbocycles. The van der Waals surface area contributed by atoms with E-state index in [1.54, 1.807) is 13.0 Å². The van der Waals surface area contributed by atoms with Crippen LogP contribution in [0.3, 0.4) is 0 Å². The summed E-state index contributed by atoms with van der Waals surface area (Å²) in [6.07, 6.45) is 0. The Morgan fingerprint density at radius 2 is 2.05 bits per heavy atom. The van der Waals surface area contributed by atoms with Crippen LogP contribution in [0.25, 0.3) is 10.9 Å². The standard InChI is InChI=1S/C17H17BrN2O2/c1-11-3-7-15(22-11)17(2,21)10-19-16-8-4-12-9-13(18)5-6-14(12)20-16/h3-9,21H,10H2,1-2H3,(H,19,20). The molecule has 0 amide bonds. The summed E-state index contributed by atoms with van der Waals surface area (Å²) in [5.41, 5.74) is -0.188. The van der Waals surface area contributed by atoms with Crippen molar-refractivity contribution in [1.29, 1.82) is 0 Å². The number of halogens is 1. The van der Waals surface area contributed by atoms with E-state index in [0.717, 1.165) is 27.0 Å². The first-order valence-corrected chi connectivity index (χ1v) is 7.83. The number of aryl methyl sites for hydroxylation is 1. The molecule has 0 aliphatic heterocycles. The zero-order valence-corrected chi connectivity index (χ0v) is 14.0. The summed E-state index contributed by atoms with van der Waals surface area (Å²) in [7, 11) is 0. The Kier molecular flexibility index (Phi) is 3.93. The summed E-state index contributed by atoms with van der Waals surface area (Å²) in [6.45, 7) is 3.89. The van der Waals surface area contributed by atoms with Crippen molar-refractivity contribution in [2.24, 2.45) is 0 Å². The lowest BCUT2D eigenvalue weighted by atomic mass is 10.0. The Morgan fingerprint density at radius 3 is 2.77 bits per heavy atom. The lowest BCUT2D eigenvalue weighted by Crippen LogP contribution is -2.30. The van der Waals surface area contributed by atoms with Gasteiger partial charge in [-0.2, -0.15) is 0 Å². The molecule has 3 rings (SSSR count). The van der Waals surface area contributed by atoms with Gasteiger partial charge in [0.15, 0.2) is 0 Å². The number of benzene rings is 1. The second-order valence-electron chi connectivity index (χ2n) is 5.57. The third-order valence-electron chi connectivity index (χ3n) is 3.54. The maximum atomic E-state index is 10.5. The smallest absolute Gasteiger partial charge is 0.137 e. The van der Waals surface area contributed by atoms with Crippen molar-refractivity contribution < 1.29 is 9.52 Å². The van der Waals surface area contributed by atoms with Crippen molar-refractivity contribution in [2.75, 3.05) is 11.9 Å². The predicted molar refractivity (Wildman–Crippen MR) is 90.9 cm³/mol. The molecular weight excluding hydrogens is 344 g/mol. The van der Waals surface area contributed by atoms with Crippen molar-refractivity contribution in [3.8, 4) is 0 Å². The van der Waals surface area contributed by atoms with E-state index in [9.17, 15) is 5.11 Å². The molecule has 2 heterocycles. The van der Waals surface area contributed by atoms with Gasteiger partial charge < -0.3 is 14.8 Å². The van der Waals surface area contributed by atoms with Gasteiger partial charge in [0, 0.05) is 9.86 Å². The molecule has 3 aromatic rings. The van der Waals surface area contributed by atoms with Crippen molar-refractivity contribution in [2.45, 2.75) is 19.4 Å². The topological polar surface area (TPSA) is 58.3 Å². The molecule has 0 aliphatic carbocycles. The van der Waals surface area contributed by atoms with Gasteiger partial charge in [-0.15, -0.1) is 0 Å². The monoisotopic (exact) mass is 360 g/mol. The molecule has 1 unspecified atom stereocenters. The van der Waals surface area contributed by atoms with Crippen LogP contribution >= 0.6 is 15.9 Å². The summed E-state index contributed by atoms with van der Waals surface area (Å²) < 4.78 is 6.53.